The van der Waals surface area contributed by atoms with Gasteiger partial charge in [-0.2, -0.15) is 0 Å². The summed E-state index contributed by atoms with van der Waals surface area (Å²) in [6.07, 6.45) is 1.32. The van der Waals surface area contributed by atoms with Crippen LogP contribution in [0.4, 0.5) is 5.69 Å². The van der Waals surface area contributed by atoms with E-state index in [1.165, 1.54) is 0 Å². The Balaban J connectivity index is 2.57. The molecular weight excluding hydrogens is 230 g/mol. The highest BCUT2D eigenvalue weighted by molar-refractivity contribution is 5.93. The van der Waals surface area contributed by atoms with Gasteiger partial charge < -0.3 is 14.7 Å². The van der Waals surface area contributed by atoms with Gasteiger partial charge in [-0.15, -0.1) is 0 Å². The summed E-state index contributed by atoms with van der Waals surface area (Å²) < 4.78 is 5.31. The van der Waals surface area contributed by atoms with Gasteiger partial charge in [0.15, 0.2) is 0 Å². The van der Waals surface area contributed by atoms with Crippen molar-refractivity contribution in [2.24, 2.45) is 0 Å². The first-order chi connectivity index (χ1) is 8.69. The second-order valence-electron chi connectivity index (χ2n) is 4.02. The van der Waals surface area contributed by atoms with E-state index in [-0.39, 0.29) is 11.7 Å². The Morgan fingerprint density at radius 2 is 2.11 bits per heavy atom. The fourth-order valence-electron chi connectivity index (χ4n) is 1.70. The molecule has 0 heterocycles. The molecule has 0 aliphatic carbocycles. The SMILES string of the molecule is CCCOCCC(=O)N(CC)c1cccc(O)c1. The highest BCUT2D eigenvalue weighted by Gasteiger charge is 2.13. The smallest absolute Gasteiger partial charge is 0.229 e. The van der Waals surface area contributed by atoms with Gasteiger partial charge in [-0.05, 0) is 25.5 Å². The van der Waals surface area contributed by atoms with Crippen LogP contribution in [0.3, 0.4) is 0 Å². The van der Waals surface area contributed by atoms with E-state index >= 15 is 0 Å². The molecule has 4 heteroatoms. The quantitative estimate of drug-likeness (QED) is 0.758. The zero-order valence-electron chi connectivity index (χ0n) is 11.1. The first-order valence-corrected chi connectivity index (χ1v) is 6.36. The highest BCUT2D eigenvalue weighted by Crippen LogP contribution is 2.20. The maximum Gasteiger partial charge on any atom is 0.229 e. The van der Waals surface area contributed by atoms with E-state index in [4.69, 9.17) is 4.74 Å². The fourth-order valence-corrected chi connectivity index (χ4v) is 1.70. The van der Waals surface area contributed by atoms with Crippen LogP contribution in [-0.2, 0) is 9.53 Å². The molecule has 1 N–H and O–H groups in total. The van der Waals surface area contributed by atoms with Gasteiger partial charge >= 0.3 is 0 Å². The number of ether oxygens (including phenoxy) is 1. The lowest BCUT2D eigenvalue weighted by Crippen LogP contribution is -2.31. The van der Waals surface area contributed by atoms with Crippen molar-refractivity contribution >= 4 is 11.6 Å². The summed E-state index contributed by atoms with van der Waals surface area (Å²) in [4.78, 5) is 13.7. The van der Waals surface area contributed by atoms with Crippen molar-refractivity contribution in [3.8, 4) is 5.75 Å². The van der Waals surface area contributed by atoms with Crippen LogP contribution in [-0.4, -0.2) is 30.8 Å². The summed E-state index contributed by atoms with van der Waals surface area (Å²) in [5.41, 5.74) is 0.720. The molecule has 0 saturated carbocycles. The normalized spacial score (nSPS) is 10.3. The number of hydrogen-bond acceptors (Lipinski definition) is 3. The van der Waals surface area contributed by atoms with Crippen molar-refractivity contribution in [1.29, 1.82) is 0 Å². The van der Waals surface area contributed by atoms with Gasteiger partial charge in [0, 0.05) is 24.9 Å². The number of carbonyl (C=O) groups excluding carboxylic acids is 1. The number of phenols is 1. The molecule has 0 aliphatic rings. The molecule has 4 nitrogen and oxygen atoms in total. The maximum atomic E-state index is 12.0. The molecule has 1 amide bonds. The second kappa shape index (κ2) is 7.71. The van der Waals surface area contributed by atoms with Gasteiger partial charge in [0.05, 0.1) is 13.0 Å². The molecule has 18 heavy (non-hydrogen) atoms. The molecule has 0 aliphatic heterocycles. The van der Waals surface area contributed by atoms with E-state index in [1.807, 2.05) is 19.9 Å². The lowest BCUT2D eigenvalue weighted by Gasteiger charge is -2.21. The average molecular weight is 251 g/mol. The van der Waals surface area contributed by atoms with Gasteiger partial charge in [-0.1, -0.05) is 13.0 Å². The van der Waals surface area contributed by atoms with E-state index in [0.29, 0.717) is 26.2 Å². The number of anilines is 1. The first kappa shape index (κ1) is 14.5. The monoisotopic (exact) mass is 251 g/mol. The largest absolute Gasteiger partial charge is 0.508 e. The predicted octanol–water partition coefficient (Wildman–Crippen LogP) is 2.56. The Morgan fingerprint density at radius 3 is 2.72 bits per heavy atom. The Kier molecular flexibility index (Phi) is 6.22. The molecule has 0 bridgehead atoms. The van der Waals surface area contributed by atoms with Crippen LogP contribution in [0.5, 0.6) is 5.75 Å². The third-order valence-corrected chi connectivity index (χ3v) is 2.57. The molecule has 0 unspecified atom stereocenters. The minimum absolute atomic E-state index is 0.0132. The third-order valence-electron chi connectivity index (χ3n) is 2.57. The highest BCUT2D eigenvalue weighted by atomic mass is 16.5. The lowest BCUT2D eigenvalue weighted by atomic mass is 10.2. The number of phenolic OH excluding ortho intramolecular Hbond substituents is 1. The van der Waals surface area contributed by atoms with Gasteiger partial charge in [-0.25, -0.2) is 0 Å². The number of benzene rings is 1. The number of hydrogen-bond donors (Lipinski definition) is 1. The summed E-state index contributed by atoms with van der Waals surface area (Å²) in [6.45, 7) is 5.66. The van der Waals surface area contributed by atoms with E-state index in [2.05, 4.69) is 0 Å². The van der Waals surface area contributed by atoms with Gasteiger partial charge in [-0.3, -0.25) is 4.79 Å². The summed E-state index contributed by atoms with van der Waals surface area (Å²) in [5, 5.41) is 9.42. The van der Waals surface area contributed by atoms with E-state index in [1.54, 1.807) is 23.1 Å². The molecular formula is C14H21NO3. The van der Waals surface area contributed by atoms with E-state index in [9.17, 15) is 9.90 Å². The number of nitrogens with zero attached hydrogens (tertiary/aromatic N) is 1. The van der Waals surface area contributed by atoms with Gasteiger partial charge in [0.25, 0.3) is 0 Å². The molecule has 0 atom stereocenters. The van der Waals surface area contributed by atoms with Crippen molar-refractivity contribution in [3.05, 3.63) is 24.3 Å². The van der Waals surface area contributed by atoms with Crippen LogP contribution >= 0.6 is 0 Å². The van der Waals surface area contributed by atoms with Crippen molar-refractivity contribution in [2.75, 3.05) is 24.7 Å². The maximum absolute atomic E-state index is 12.0. The molecule has 0 saturated heterocycles. The molecule has 1 aromatic carbocycles. The fraction of sp³-hybridized carbons (Fsp3) is 0.500. The predicted molar refractivity (Wildman–Crippen MR) is 71.9 cm³/mol. The Labute approximate surface area is 108 Å². The summed E-state index contributed by atoms with van der Waals surface area (Å²) in [5.74, 6) is 0.181. The molecule has 0 aromatic heterocycles. The number of rotatable bonds is 7. The second-order valence-corrected chi connectivity index (χ2v) is 4.02. The standard InChI is InChI=1S/C14H21NO3/c1-3-9-18-10-8-14(17)15(4-2)12-6-5-7-13(16)11-12/h5-7,11,16H,3-4,8-10H2,1-2H3. The lowest BCUT2D eigenvalue weighted by molar-refractivity contribution is -0.119. The molecule has 1 aromatic rings. The minimum Gasteiger partial charge on any atom is -0.508 e. The zero-order chi connectivity index (χ0) is 13.4. The van der Waals surface area contributed by atoms with Crippen molar-refractivity contribution in [1.82, 2.24) is 0 Å². The third kappa shape index (κ3) is 4.37. The Hall–Kier alpha value is -1.55. The van der Waals surface area contributed by atoms with Crippen LogP contribution in [0.1, 0.15) is 26.7 Å². The Bertz CT molecular complexity index is 379. The molecule has 1 rings (SSSR count). The van der Waals surface area contributed by atoms with Gasteiger partial charge in [0.2, 0.25) is 5.91 Å². The number of amides is 1. The van der Waals surface area contributed by atoms with Crippen molar-refractivity contribution in [3.63, 3.8) is 0 Å². The molecule has 0 fully saturated rings. The van der Waals surface area contributed by atoms with Crippen molar-refractivity contribution in [2.45, 2.75) is 26.7 Å². The first-order valence-electron chi connectivity index (χ1n) is 6.36. The zero-order valence-corrected chi connectivity index (χ0v) is 11.1. The van der Waals surface area contributed by atoms with Crippen LogP contribution in [0.2, 0.25) is 0 Å². The summed E-state index contributed by atoms with van der Waals surface area (Å²) in [6, 6.07) is 6.72. The van der Waals surface area contributed by atoms with Crippen LogP contribution in [0, 0.1) is 0 Å². The topological polar surface area (TPSA) is 49.8 Å². The van der Waals surface area contributed by atoms with E-state index < -0.39 is 0 Å². The van der Waals surface area contributed by atoms with Crippen LogP contribution in [0.15, 0.2) is 24.3 Å². The van der Waals surface area contributed by atoms with Crippen LogP contribution in [0.25, 0.3) is 0 Å². The van der Waals surface area contributed by atoms with Crippen molar-refractivity contribution < 1.29 is 14.6 Å². The Morgan fingerprint density at radius 1 is 1.33 bits per heavy atom. The minimum atomic E-state index is 0.0132. The van der Waals surface area contributed by atoms with Crippen LogP contribution < -0.4 is 4.90 Å². The summed E-state index contributed by atoms with van der Waals surface area (Å²) >= 11 is 0. The summed E-state index contributed by atoms with van der Waals surface area (Å²) in [7, 11) is 0. The molecule has 100 valence electrons. The molecule has 0 radical (unpaired) electrons. The van der Waals surface area contributed by atoms with Gasteiger partial charge in [0.1, 0.15) is 5.75 Å². The van der Waals surface area contributed by atoms with E-state index in [0.717, 1.165) is 12.1 Å². The molecule has 0 spiro atoms. The number of aromatic hydroxyl groups is 1. The number of carbonyl (C=O) groups is 1. The average Bonchev–Trinajstić information content (AvgIpc) is 2.36.